The van der Waals surface area contributed by atoms with Crippen molar-refractivity contribution in [3.63, 3.8) is 0 Å². The molecule has 1 aromatic rings. The van der Waals surface area contributed by atoms with Crippen LogP contribution in [-0.4, -0.2) is 32.7 Å². The maximum absolute atomic E-state index is 13.3. The van der Waals surface area contributed by atoms with Gasteiger partial charge in [0.2, 0.25) is 5.91 Å². The molecule has 4 nitrogen and oxygen atoms in total. The second-order valence-corrected chi connectivity index (χ2v) is 4.24. The summed E-state index contributed by atoms with van der Waals surface area (Å²) in [6, 6.07) is 4.51. The second-order valence-electron chi connectivity index (χ2n) is 3.32. The summed E-state index contributed by atoms with van der Waals surface area (Å²) in [5, 5.41) is 5.35. The van der Waals surface area contributed by atoms with E-state index in [0.717, 1.165) is 4.47 Å². The number of methoxy groups -OCH3 is 1. The fourth-order valence-electron chi connectivity index (χ4n) is 1.16. The average molecular weight is 305 g/mol. The first-order valence-corrected chi connectivity index (χ1v) is 5.87. The van der Waals surface area contributed by atoms with Crippen LogP contribution in [-0.2, 0) is 9.53 Å². The molecule has 2 N–H and O–H groups in total. The van der Waals surface area contributed by atoms with E-state index in [1.165, 1.54) is 6.07 Å². The molecule has 0 saturated heterocycles. The fourth-order valence-corrected chi connectivity index (χ4v) is 1.52. The van der Waals surface area contributed by atoms with Gasteiger partial charge in [-0.3, -0.25) is 4.79 Å². The number of carbonyl (C=O) groups is 1. The zero-order valence-corrected chi connectivity index (χ0v) is 11.0. The van der Waals surface area contributed by atoms with Gasteiger partial charge < -0.3 is 15.4 Å². The largest absolute Gasteiger partial charge is 0.383 e. The van der Waals surface area contributed by atoms with E-state index in [0.29, 0.717) is 18.8 Å². The van der Waals surface area contributed by atoms with Crippen molar-refractivity contribution in [2.75, 3.05) is 32.1 Å². The van der Waals surface area contributed by atoms with E-state index >= 15 is 0 Å². The third kappa shape index (κ3) is 5.14. The average Bonchev–Trinajstić information content (AvgIpc) is 2.31. The Morgan fingerprint density at radius 2 is 2.29 bits per heavy atom. The van der Waals surface area contributed by atoms with Gasteiger partial charge in [0, 0.05) is 18.1 Å². The number of ether oxygens (including phenoxy) is 1. The number of anilines is 1. The van der Waals surface area contributed by atoms with Crippen LogP contribution < -0.4 is 10.6 Å². The van der Waals surface area contributed by atoms with Crippen LogP contribution in [0.4, 0.5) is 10.1 Å². The van der Waals surface area contributed by atoms with Crippen molar-refractivity contribution in [2.45, 2.75) is 0 Å². The SMILES string of the molecule is COCCNC(=O)CNc1cc(Br)ccc1F. The van der Waals surface area contributed by atoms with Gasteiger partial charge in [-0.15, -0.1) is 0 Å². The number of nitrogens with one attached hydrogen (secondary N) is 2. The highest BCUT2D eigenvalue weighted by molar-refractivity contribution is 9.10. The minimum absolute atomic E-state index is 0.0249. The molecule has 0 aromatic heterocycles. The van der Waals surface area contributed by atoms with E-state index < -0.39 is 5.82 Å². The highest BCUT2D eigenvalue weighted by Gasteiger charge is 2.05. The van der Waals surface area contributed by atoms with E-state index in [2.05, 4.69) is 26.6 Å². The van der Waals surface area contributed by atoms with Crippen molar-refractivity contribution < 1.29 is 13.9 Å². The van der Waals surface area contributed by atoms with Gasteiger partial charge in [-0.1, -0.05) is 15.9 Å². The van der Waals surface area contributed by atoms with Gasteiger partial charge >= 0.3 is 0 Å². The molecule has 0 atom stereocenters. The first-order chi connectivity index (χ1) is 8.13. The van der Waals surface area contributed by atoms with Crippen molar-refractivity contribution in [3.8, 4) is 0 Å². The summed E-state index contributed by atoms with van der Waals surface area (Å²) in [6.45, 7) is 0.923. The van der Waals surface area contributed by atoms with Crippen LogP contribution in [0.15, 0.2) is 22.7 Å². The summed E-state index contributed by atoms with van der Waals surface area (Å²) in [5.41, 5.74) is 0.293. The lowest BCUT2D eigenvalue weighted by atomic mass is 10.3. The van der Waals surface area contributed by atoms with E-state index in [-0.39, 0.29) is 12.5 Å². The lowest BCUT2D eigenvalue weighted by Crippen LogP contribution is -2.32. The number of carbonyl (C=O) groups excluding carboxylic acids is 1. The molecule has 1 rings (SSSR count). The molecule has 6 heteroatoms. The van der Waals surface area contributed by atoms with Crippen molar-refractivity contribution >= 4 is 27.5 Å². The molecule has 1 aromatic carbocycles. The summed E-state index contributed by atoms with van der Waals surface area (Å²) in [6.07, 6.45) is 0. The summed E-state index contributed by atoms with van der Waals surface area (Å²) in [5.74, 6) is -0.598. The van der Waals surface area contributed by atoms with Crippen LogP contribution in [0.3, 0.4) is 0 Å². The van der Waals surface area contributed by atoms with Gasteiger partial charge in [0.05, 0.1) is 18.8 Å². The maximum atomic E-state index is 13.3. The molecule has 0 radical (unpaired) electrons. The molecule has 0 spiro atoms. The molecule has 94 valence electrons. The number of hydrogen-bond acceptors (Lipinski definition) is 3. The molecule has 0 aliphatic heterocycles. The van der Waals surface area contributed by atoms with Gasteiger partial charge in [0.1, 0.15) is 5.82 Å². The van der Waals surface area contributed by atoms with Gasteiger partial charge in [-0.25, -0.2) is 4.39 Å². The monoisotopic (exact) mass is 304 g/mol. The second kappa shape index (κ2) is 7.24. The highest BCUT2D eigenvalue weighted by atomic mass is 79.9. The molecule has 0 bridgehead atoms. The molecule has 0 saturated carbocycles. The van der Waals surface area contributed by atoms with Crippen molar-refractivity contribution in [1.82, 2.24) is 5.32 Å². The van der Waals surface area contributed by atoms with Crippen LogP contribution in [0.5, 0.6) is 0 Å². The Morgan fingerprint density at radius 3 is 3.00 bits per heavy atom. The molecule has 0 aliphatic rings. The first-order valence-electron chi connectivity index (χ1n) is 5.08. The number of amides is 1. The number of hydrogen-bond donors (Lipinski definition) is 2. The van der Waals surface area contributed by atoms with Gasteiger partial charge in [-0.2, -0.15) is 0 Å². The molecule has 1 amide bonds. The Morgan fingerprint density at radius 1 is 1.53 bits per heavy atom. The smallest absolute Gasteiger partial charge is 0.239 e. The standard InChI is InChI=1S/C11H14BrFN2O2/c1-17-5-4-14-11(16)7-15-10-6-8(12)2-3-9(10)13/h2-3,6,15H,4-5,7H2,1H3,(H,14,16). The molecule has 0 heterocycles. The van der Waals surface area contributed by atoms with E-state index in [1.807, 2.05) is 0 Å². The van der Waals surface area contributed by atoms with Crippen molar-refractivity contribution in [1.29, 1.82) is 0 Å². The maximum Gasteiger partial charge on any atom is 0.239 e. The Hall–Kier alpha value is -1.14. The van der Waals surface area contributed by atoms with Crippen molar-refractivity contribution in [3.05, 3.63) is 28.5 Å². The highest BCUT2D eigenvalue weighted by Crippen LogP contribution is 2.19. The van der Waals surface area contributed by atoms with E-state index in [1.54, 1.807) is 19.2 Å². The third-order valence-electron chi connectivity index (χ3n) is 2.00. The summed E-state index contributed by atoms with van der Waals surface area (Å²) in [7, 11) is 1.56. The Kier molecular flexibility index (Phi) is 5.93. The van der Waals surface area contributed by atoms with Gasteiger partial charge in [0.25, 0.3) is 0 Å². The van der Waals surface area contributed by atoms with Crippen molar-refractivity contribution in [2.24, 2.45) is 0 Å². The molecule has 17 heavy (non-hydrogen) atoms. The summed E-state index contributed by atoms with van der Waals surface area (Å²) in [4.78, 5) is 11.3. The topological polar surface area (TPSA) is 50.4 Å². The fraction of sp³-hybridized carbons (Fsp3) is 0.364. The number of halogens is 2. The third-order valence-corrected chi connectivity index (χ3v) is 2.49. The number of rotatable bonds is 6. The molecule has 0 aliphatic carbocycles. The lowest BCUT2D eigenvalue weighted by molar-refractivity contribution is -0.119. The van der Waals surface area contributed by atoms with Crippen LogP contribution in [0.1, 0.15) is 0 Å². The van der Waals surface area contributed by atoms with E-state index in [9.17, 15) is 9.18 Å². The van der Waals surface area contributed by atoms with Gasteiger partial charge in [-0.05, 0) is 18.2 Å². The Labute approximate surface area is 108 Å². The summed E-state index contributed by atoms with van der Waals surface area (Å²) < 4.78 is 18.8. The van der Waals surface area contributed by atoms with Crippen LogP contribution in [0.25, 0.3) is 0 Å². The van der Waals surface area contributed by atoms with Crippen LogP contribution in [0.2, 0.25) is 0 Å². The predicted octanol–water partition coefficient (Wildman–Crippen LogP) is 1.76. The van der Waals surface area contributed by atoms with E-state index in [4.69, 9.17) is 4.74 Å². The lowest BCUT2D eigenvalue weighted by Gasteiger charge is -2.08. The normalized spacial score (nSPS) is 10.1. The van der Waals surface area contributed by atoms with Crippen LogP contribution >= 0.6 is 15.9 Å². The minimum Gasteiger partial charge on any atom is -0.383 e. The quantitative estimate of drug-likeness (QED) is 0.788. The summed E-state index contributed by atoms with van der Waals surface area (Å²) >= 11 is 3.23. The molecular weight excluding hydrogens is 291 g/mol. The Balaban J connectivity index is 2.39. The molecular formula is C11H14BrFN2O2. The minimum atomic E-state index is -0.391. The number of benzene rings is 1. The van der Waals surface area contributed by atoms with Crippen LogP contribution in [0, 0.1) is 5.82 Å². The van der Waals surface area contributed by atoms with Gasteiger partial charge in [0.15, 0.2) is 0 Å². The first kappa shape index (κ1) is 13.9. The zero-order valence-electron chi connectivity index (χ0n) is 9.43. The Bertz CT molecular complexity index is 388. The molecule has 0 fully saturated rings. The zero-order chi connectivity index (χ0) is 12.7. The molecule has 0 unspecified atom stereocenters. The predicted molar refractivity (Wildman–Crippen MR) is 67.5 cm³/mol.